The Kier molecular flexibility index (Phi) is 5.64. The summed E-state index contributed by atoms with van der Waals surface area (Å²) in [5, 5.41) is 3.83. The molecule has 0 spiro atoms. The summed E-state index contributed by atoms with van der Waals surface area (Å²) in [7, 11) is 0. The Labute approximate surface area is 177 Å². The molecule has 1 aliphatic carbocycles. The van der Waals surface area contributed by atoms with Crippen LogP contribution in [0.4, 0.5) is 11.4 Å². The highest BCUT2D eigenvalue weighted by Gasteiger charge is 2.42. The van der Waals surface area contributed by atoms with Gasteiger partial charge in [0.15, 0.2) is 0 Å². The van der Waals surface area contributed by atoms with Crippen molar-refractivity contribution < 1.29 is 9.59 Å². The molecule has 1 saturated carbocycles. The lowest BCUT2D eigenvalue weighted by atomic mass is 9.78. The fourth-order valence-electron chi connectivity index (χ4n) is 4.74. The summed E-state index contributed by atoms with van der Waals surface area (Å²) in [5.74, 6) is 0.224. The van der Waals surface area contributed by atoms with Gasteiger partial charge in [-0.3, -0.25) is 9.59 Å². The van der Waals surface area contributed by atoms with Gasteiger partial charge in [0, 0.05) is 29.4 Å². The fourth-order valence-corrected chi connectivity index (χ4v) is 4.87. The molecule has 2 amide bonds. The van der Waals surface area contributed by atoms with Crippen molar-refractivity contribution in [1.29, 1.82) is 0 Å². The summed E-state index contributed by atoms with van der Waals surface area (Å²) in [6.45, 7) is 2.77. The Morgan fingerprint density at radius 3 is 2.41 bits per heavy atom. The number of nitrogens with zero attached hydrogens (tertiary/aromatic N) is 1. The van der Waals surface area contributed by atoms with E-state index in [1.807, 2.05) is 54.3 Å². The lowest BCUT2D eigenvalue weighted by Gasteiger charge is -2.30. The van der Waals surface area contributed by atoms with E-state index in [1.54, 1.807) is 0 Å². The number of rotatable bonds is 4. The minimum absolute atomic E-state index is 0.0403. The van der Waals surface area contributed by atoms with Crippen molar-refractivity contribution in [2.75, 3.05) is 16.8 Å². The topological polar surface area (TPSA) is 49.4 Å². The molecule has 29 heavy (non-hydrogen) atoms. The standard InChI is InChI=1S/C24H27ClN2O2/c1-17-16-20(11-12-21(17)27-15-5-2-6-22(27)28)26-23(29)24(13-3-4-14-24)18-7-9-19(25)10-8-18/h7-12,16H,2-6,13-15H2,1H3,(H,26,29). The Morgan fingerprint density at radius 2 is 1.76 bits per heavy atom. The van der Waals surface area contributed by atoms with Crippen molar-refractivity contribution in [2.24, 2.45) is 0 Å². The van der Waals surface area contributed by atoms with Crippen LogP contribution in [0.25, 0.3) is 0 Å². The molecule has 4 rings (SSSR count). The quantitative estimate of drug-likeness (QED) is 0.711. The Morgan fingerprint density at radius 1 is 1.03 bits per heavy atom. The molecule has 1 heterocycles. The largest absolute Gasteiger partial charge is 0.325 e. The third-order valence-corrected chi connectivity index (χ3v) is 6.61. The summed E-state index contributed by atoms with van der Waals surface area (Å²) < 4.78 is 0. The predicted octanol–water partition coefficient (Wildman–Crippen LogP) is 5.62. The molecule has 0 bridgehead atoms. The summed E-state index contributed by atoms with van der Waals surface area (Å²) in [5.41, 5.74) is 3.26. The number of anilines is 2. The lowest BCUT2D eigenvalue weighted by Crippen LogP contribution is -2.38. The van der Waals surface area contributed by atoms with E-state index >= 15 is 0 Å². The summed E-state index contributed by atoms with van der Waals surface area (Å²) in [6, 6.07) is 13.5. The average molecular weight is 411 g/mol. The molecule has 4 nitrogen and oxygen atoms in total. The van der Waals surface area contributed by atoms with E-state index in [-0.39, 0.29) is 11.8 Å². The average Bonchev–Trinajstić information content (AvgIpc) is 3.21. The van der Waals surface area contributed by atoms with E-state index in [1.165, 1.54) is 0 Å². The number of nitrogens with one attached hydrogen (secondary N) is 1. The molecule has 0 radical (unpaired) electrons. The molecule has 0 atom stereocenters. The highest BCUT2D eigenvalue weighted by molar-refractivity contribution is 6.30. The van der Waals surface area contributed by atoms with Gasteiger partial charge in [0.25, 0.3) is 0 Å². The zero-order chi connectivity index (χ0) is 20.4. The van der Waals surface area contributed by atoms with E-state index in [0.717, 1.165) is 67.6 Å². The van der Waals surface area contributed by atoms with Crippen molar-refractivity contribution in [3.63, 3.8) is 0 Å². The molecule has 152 valence electrons. The van der Waals surface area contributed by atoms with Crippen molar-refractivity contribution in [3.05, 3.63) is 58.6 Å². The molecule has 1 saturated heterocycles. The van der Waals surface area contributed by atoms with Crippen LogP contribution >= 0.6 is 11.6 Å². The van der Waals surface area contributed by atoms with Crippen molar-refractivity contribution in [3.8, 4) is 0 Å². The van der Waals surface area contributed by atoms with E-state index in [0.29, 0.717) is 11.4 Å². The number of aryl methyl sites for hydroxylation is 1. The number of benzene rings is 2. The minimum atomic E-state index is -0.500. The van der Waals surface area contributed by atoms with Gasteiger partial charge in [-0.05, 0) is 74.1 Å². The normalized spacial score (nSPS) is 18.7. The zero-order valence-electron chi connectivity index (χ0n) is 16.8. The maximum Gasteiger partial charge on any atom is 0.235 e. The first-order chi connectivity index (χ1) is 14.0. The van der Waals surface area contributed by atoms with Gasteiger partial charge in [-0.2, -0.15) is 0 Å². The minimum Gasteiger partial charge on any atom is -0.325 e. The second kappa shape index (κ2) is 8.19. The van der Waals surface area contributed by atoms with Crippen LogP contribution in [0.15, 0.2) is 42.5 Å². The molecule has 5 heteroatoms. The van der Waals surface area contributed by atoms with Crippen LogP contribution in [0, 0.1) is 6.92 Å². The number of carbonyl (C=O) groups is 2. The van der Waals surface area contributed by atoms with Gasteiger partial charge < -0.3 is 10.2 Å². The van der Waals surface area contributed by atoms with Crippen molar-refractivity contribution >= 4 is 34.8 Å². The SMILES string of the molecule is Cc1cc(NC(=O)C2(c3ccc(Cl)cc3)CCCC2)ccc1N1CCCCC1=O. The summed E-state index contributed by atoms with van der Waals surface area (Å²) in [6.07, 6.45) is 6.40. The molecule has 2 aliphatic rings. The number of amides is 2. The Hall–Kier alpha value is -2.33. The van der Waals surface area contributed by atoms with Crippen molar-refractivity contribution in [1.82, 2.24) is 0 Å². The predicted molar refractivity (Wildman–Crippen MR) is 118 cm³/mol. The molecule has 2 aromatic rings. The molecular weight excluding hydrogens is 384 g/mol. The second-order valence-electron chi connectivity index (χ2n) is 8.25. The molecular formula is C24H27ClN2O2. The van der Waals surface area contributed by atoms with Gasteiger partial charge in [0.2, 0.25) is 11.8 Å². The van der Waals surface area contributed by atoms with Crippen molar-refractivity contribution in [2.45, 2.75) is 57.3 Å². The number of hydrogen-bond donors (Lipinski definition) is 1. The van der Waals surface area contributed by atoms with E-state index in [9.17, 15) is 9.59 Å². The first kappa shape index (κ1) is 20.0. The zero-order valence-corrected chi connectivity index (χ0v) is 17.6. The number of halogens is 1. The lowest BCUT2D eigenvalue weighted by molar-refractivity contribution is -0.121. The van der Waals surface area contributed by atoms with E-state index < -0.39 is 5.41 Å². The Balaban J connectivity index is 1.56. The smallest absolute Gasteiger partial charge is 0.235 e. The number of carbonyl (C=O) groups excluding carboxylic acids is 2. The second-order valence-corrected chi connectivity index (χ2v) is 8.69. The first-order valence-electron chi connectivity index (χ1n) is 10.5. The molecule has 1 N–H and O–H groups in total. The molecule has 2 aromatic carbocycles. The molecule has 1 aliphatic heterocycles. The van der Waals surface area contributed by atoms with Gasteiger partial charge in [0.05, 0.1) is 5.41 Å². The maximum absolute atomic E-state index is 13.4. The van der Waals surface area contributed by atoms with Gasteiger partial charge in [-0.1, -0.05) is 36.6 Å². The van der Waals surface area contributed by atoms with Crippen LogP contribution in [-0.4, -0.2) is 18.4 Å². The maximum atomic E-state index is 13.4. The van der Waals surface area contributed by atoms with Crippen LogP contribution in [-0.2, 0) is 15.0 Å². The van der Waals surface area contributed by atoms with Gasteiger partial charge in [-0.15, -0.1) is 0 Å². The molecule has 2 fully saturated rings. The van der Waals surface area contributed by atoms with E-state index in [4.69, 9.17) is 11.6 Å². The molecule has 0 aromatic heterocycles. The summed E-state index contributed by atoms with van der Waals surface area (Å²) in [4.78, 5) is 27.5. The van der Waals surface area contributed by atoms with Gasteiger partial charge in [0.1, 0.15) is 0 Å². The number of piperidine rings is 1. The van der Waals surface area contributed by atoms with Gasteiger partial charge in [-0.25, -0.2) is 0 Å². The van der Waals surface area contributed by atoms with Crippen LogP contribution < -0.4 is 10.2 Å². The van der Waals surface area contributed by atoms with Crippen LogP contribution in [0.2, 0.25) is 5.02 Å². The van der Waals surface area contributed by atoms with E-state index in [2.05, 4.69) is 5.32 Å². The first-order valence-corrected chi connectivity index (χ1v) is 10.9. The van der Waals surface area contributed by atoms with Crippen LogP contribution in [0.1, 0.15) is 56.1 Å². The van der Waals surface area contributed by atoms with Crippen LogP contribution in [0.3, 0.4) is 0 Å². The summed E-state index contributed by atoms with van der Waals surface area (Å²) >= 11 is 6.05. The third-order valence-electron chi connectivity index (χ3n) is 6.36. The van der Waals surface area contributed by atoms with Crippen LogP contribution in [0.5, 0.6) is 0 Å². The highest BCUT2D eigenvalue weighted by atomic mass is 35.5. The highest BCUT2D eigenvalue weighted by Crippen LogP contribution is 2.42. The molecule has 0 unspecified atom stereocenters. The fraction of sp³-hybridized carbons (Fsp3) is 0.417. The third kappa shape index (κ3) is 3.91. The number of hydrogen-bond acceptors (Lipinski definition) is 2. The monoisotopic (exact) mass is 410 g/mol. The van der Waals surface area contributed by atoms with Gasteiger partial charge >= 0.3 is 0 Å². The Bertz CT molecular complexity index is 917.